The summed E-state index contributed by atoms with van der Waals surface area (Å²) in [6.45, 7) is 5.41. The Kier molecular flexibility index (Phi) is 5.75. The number of aliphatic carboxylic acids is 1. The molecule has 0 unspecified atom stereocenters. The zero-order valence-electron chi connectivity index (χ0n) is 14.6. The minimum atomic E-state index is -0.912. The standard InChI is InChI=1S/C19H22N2O4/c1-13-9-14(21-17(22)10-19(2,3)11-18(23)24)6-7-16(13)25-15-5-4-8-20-12-15/h4-9,12H,10-11H2,1-3H3,(H,21,22)(H,23,24). The monoisotopic (exact) mass is 342 g/mol. The molecule has 0 fully saturated rings. The quantitative estimate of drug-likeness (QED) is 0.793. The molecule has 2 N–H and O–H groups in total. The second-order valence-corrected chi connectivity index (χ2v) is 6.73. The van der Waals surface area contributed by atoms with Crippen LogP contribution in [0, 0.1) is 12.3 Å². The molecule has 1 amide bonds. The van der Waals surface area contributed by atoms with Crippen LogP contribution in [-0.4, -0.2) is 22.0 Å². The molecule has 0 saturated carbocycles. The second-order valence-electron chi connectivity index (χ2n) is 6.73. The SMILES string of the molecule is Cc1cc(NC(=O)CC(C)(C)CC(=O)O)ccc1Oc1cccnc1. The van der Waals surface area contributed by atoms with Crippen molar-refractivity contribution in [2.45, 2.75) is 33.6 Å². The number of amides is 1. The van der Waals surface area contributed by atoms with Crippen LogP contribution in [0.2, 0.25) is 0 Å². The summed E-state index contributed by atoms with van der Waals surface area (Å²) in [6.07, 6.45) is 3.37. The molecule has 2 aromatic rings. The van der Waals surface area contributed by atoms with Gasteiger partial charge in [0.05, 0.1) is 12.6 Å². The number of carbonyl (C=O) groups is 2. The van der Waals surface area contributed by atoms with Crippen LogP contribution in [0.4, 0.5) is 5.69 Å². The number of carboxylic acids is 1. The number of pyridine rings is 1. The Morgan fingerprint density at radius 3 is 2.60 bits per heavy atom. The highest BCUT2D eigenvalue weighted by Crippen LogP contribution is 2.28. The van der Waals surface area contributed by atoms with Gasteiger partial charge in [-0.3, -0.25) is 14.6 Å². The van der Waals surface area contributed by atoms with Crippen LogP contribution in [-0.2, 0) is 9.59 Å². The molecule has 6 nitrogen and oxygen atoms in total. The summed E-state index contributed by atoms with van der Waals surface area (Å²) in [6, 6.07) is 8.94. The largest absolute Gasteiger partial charge is 0.481 e. The number of nitrogens with one attached hydrogen (secondary N) is 1. The van der Waals surface area contributed by atoms with Gasteiger partial charge in [-0.05, 0) is 48.2 Å². The number of carboxylic acid groups (broad SMARTS) is 1. The van der Waals surface area contributed by atoms with Crippen molar-refractivity contribution in [2.24, 2.45) is 5.41 Å². The first-order valence-electron chi connectivity index (χ1n) is 7.95. The lowest BCUT2D eigenvalue weighted by atomic mass is 9.85. The number of hydrogen-bond acceptors (Lipinski definition) is 4. The van der Waals surface area contributed by atoms with Crippen LogP contribution in [0.1, 0.15) is 32.3 Å². The lowest BCUT2D eigenvalue weighted by Crippen LogP contribution is -2.24. The third-order valence-electron chi connectivity index (χ3n) is 3.59. The first kappa shape index (κ1) is 18.4. The van der Waals surface area contributed by atoms with Gasteiger partial charge in [0, 0.05) is 18.3 Å². The zero-order chi connectivity index (χ0) is 18.4. The van der Waals surface area contributed by atoms with E-state index in [1.54, 1.807) is 44.4 Å². The Hall–Kier alpha value is -2.89. The van der Waals surface area contributed by atoms with Crippen molar-refractivity contribution in [2.75, 3.05) is 5.32 Å². The van der Waals surface area contributed by atoms with E-state index < -0.39 is 11.4 Å². The fourth-order valence-corrected chi connectivity index (χ4v) is 2.49. The number of benzene rings is 1. The van der Waals surface area contributed by atoms with Crippen LogP contribution >= 0.6 is 0 Å². The van der Waals surface area contributed by atoms with E-state index in [4.69, 9.17) is 9.84 Å². The number of anilines is 1. The first-order chi connectivity index (χ1) is 11.7. The molecule has 1 heterocycles. The van der Waals surface area contributed by atoms with E-state index >= 15 is 0 Å². The predicted molar refractivity (Wildman–Crippen MR) is 94.8 cm³/mol. The molecule has 0 bridgehead atoms. The fraction of sp³-hybridized carbons (Fsp3) is 0.316. The summed E-state index contributed by atoms with van der Waals surface area (Å²) in [5.74, 6) is 0.187. The zero-order valence-corrected chi connectivity index (χ0v) is 14.6. The van der Waals surface area contributed by atoms with Gasteiger partial charge in [0.25, 0.3) is 0 Å². The Labute approximate surface area is 146 Å². The summed E-state index contributed by atoms with van der Waals surface area (Å²) in [5.41, 5.74) is 0.910. The van der Waals surface area contributed by atoms with E-state index in [2.05, 4.69) is 10.3 Å². The highest BCUT2D eigenvalue weighted by molar-refractivity contribution is 5.91. The molecule has 132 valence electrons. The lowest BCUT2D eigenvalue weighted by molar-refractivity contribution is -0.139. The average molecular weight is 342 g/mol. The molecule has 0 spiro atoms. The van der Waals surface area contributed by atoms with Gasteiger partial charge < -0.3 is 15.2 Å². The highest BCUT2D eigenvalue weighted by Gasteiger charge is 2.25. The Morgan fingerprint density at radius 2 is 2.00 bits per heavy atom. The number of rotatable bonds is 7. The number of nitrogens with zero attached hydrogens (tertiary/aromatic N) is 1. The third-order valence-corrected chi connectivity index (χ3v) is 3.59. The van der Waals surface area contributed by atoms with Crippen molar-refractivity contribution < 1.29 is 19.4 Å². The second kappa shape index (κ2) is 7.79. The Bertz CT molecular complexity index is 757. The highest BCUT2D eigenvalue weighted by atomic mass is 16.5. The van der Waals surface area contributed by atoms with Crippen LogP contribution in [0.25, 0.3) is 0 Å². The molecule has 0 saturated heterocycles. The van der Waals surface area contributed by atoms with Crippen molar-refractivity contribution in [3.05, 3.63) is 48.3 Å². The normalized spacial score (nSPS) is 11.0. The summed E-state index contributed by atoms with van der Waals surface area (Å²) < 4.78 is 5.75. The molecule has 0 aliphatic heterocycles. The average Bonchev–Trinajstić information content (AvgIpc) is 2.49. The number of aromatic nitrogens is 1. The van der Waals surface area contributed by atoms with Crippen molar-refractivity contribution >= 4 is 17.6 Å². The van der Waals surface area contributed by atoms with Gasteiger partial charge in [0.1, 0.15) is 11.5 Å². The van der Waals surface area contributed by atoms with Gasteiger partial charge >= 0.3 is 5.97 Å². The van der Waals surface area contributed by atoms with Crippen molar-refractivity contribution in [1.29, 1.82) is 0 Å². The minimum Gasteiger partial charge on any atom is -0.481 e. The van der Waals surface area contributed by atoms with Crippen LogP contribution in [0.5, 0.6) is 11.5 Å². The molecule has 0 aliphatic carbocycles. The van der Waals surface area contributed by atoms with Gasteiger partial charge in [-0.25, -0.2) is 0 Å². The number of ether oxygens (including phenoxy) is 1. The van der Waals surface area contributed by atoms with Crippen LogP contribution in [0.15, 0.2) is 42.7 Å². The van der Waals surface area contributed by atoms with E-state index in [0.717, 1.165) is 5.56 Å². The van der Waals surface area contributed by atoms with Crippen molar-refractivity contribution in [3.63, 3.8) is 0 Å². The first-order valence-corrected chi connectivity index (χ1v) is 7.95. The smallest absolute Gasteiger partial charge is 0.303 e. The Balaban J connectivity index is 2.00. The molecular weight excluding hydrogens is 320 g/mol. The van der Waals surface area contributed by atoms with Gasteiger partial charge in [-0.2, -0.15) is 0 Å². The molecule has 25 heavy (non-hydrogen) atoms. The molecule has 1 aromatic heterocycles. The maximum absolute atomic E-state index is 12.2. The molecule has 0 aliphatic rings. The summed E-state index contributed by atoms with van der Waals surface area (Å²) in [4.78, 5) is 27.0. The number of aryl methyl sites for hydroxylation is 1. The lowest BCUT2D eigenvalue weighted by Gasteiger charge is -2.21. The van der Waals surface area contributed by atoms with E-state index in [1.165, 1.54) is 0 Å². The van der Waals surface area contributed by atoms with Crippen LogP contribution in [0.3, 0.4) is 0 Å². The molecule has 6 heteroatoms. The van der Waals surface area contributed by atoms with E-state index in [1.807, 2.05) is 19.1 Å². The fourth-order valence-electron chi connectivity index (χ4n) is 2.49. The van der Waals surface area contributed by atoms with Crippen molar-refractivity contribution in [1.82, 2.24) is 4.98 Å². The third kappa shape index (κ3) is 5.91. The summed E-state index contributed by atoms with van der Waals surface area (Å²) in [7, 11) is 0. The molecule has 1 aromatic carbocycles. The van der Waals surface area contributed by atoms with Gasteiger partial charge in [0.15, 0.2) is 0 Å². The van der Waals surface area contributed by atoms with Gasteiger partial charge in [-0.15, -0.1) is 0 Å². The molecular formula is C19H22N2O4. The van der Waals surface area contributed by atoms with Crippen LogP contribution < -0.4 is 10.1 Å². The predicted octanol–water partition coefficient (Wildman–Crippen LogP) is 4.01. The maximum atomic E-state index is 12.2. The molecule has 0 radical (unpaired) electrons. The summed E-state index contributed by atoms with van der Waals surface area (Å²) in [5, 5.41) is 11.7. The number of carbonyl (C=O) groups excluding carboxylic acids is 1. The van der Waals surface area contributed by atoms with Gasteiger partial charge in [-0.1, -0.05) is 13.8 Å². The van der Waals surface area contributed by atoms with E-state index in [0.29, 0.717) is 17.2 Å². The van der Waals surface area contributed by atoms with Crippen molar-refractivity contribution in [3.8, 4) is 11.5 Å². The Morgan fingerprint density at radius 1 is 1.24 bits per heavy atom. The number of hydrogen-bond donors (Lipinski definition) is 2. The van der Waals surface area contributed by atoms with E-state index in [9.17, 15) is 9.59 Å². The molecule has 2 rings (SSSR count). The summed E-state index contributed by atoms with van der Waals surface area (Å²) >= 11 is 0. The minimum absolute atomic E-state index is 0.0582. The maximum Gasteiger partial charge on any atom is 0.303 e. The van der Waals surface area contributed by atoms with E-state index in [-0.39, 0.29) is 18.7 Å². The topological polar surface area (TPSA) is 88.5 Å². The molecule has 0 atom stereocenters. The van der Waals surface area contributed by atoms with Gasteiger partial charge in [0.2, 0.25) is 5.91 Å².